The molecule has 58 heavy (non-hydrogen) atoms. The number of benzene rings is 10. The van der Waals surface area contributed by atoms with E-state index in [0.29, 0.717) is 0 Å². The van der Waals surface area contributed by atoms with E-state index >= 15 is 0 Å². The van der Waals surface area contributed by atoms with Gasteiger partial charge in [-0.2, -0.15) is 0 Å². The van der Waals surface area contributed by atoms with Gasteiger partial charge in [0.2, 0.25) is 0 Å². The second kappa shape index (κ2) is 15.5. The van der Waals surface area contributed by atoms with Crippen molar-refractivity contribution >= 4 is 78.1 Å². The van der Waals surface area contributed by atoms with E-state index in [1.54, 1.807) is 0 Å². The van der Waals surface area contributed by atoms with E-state index in [-0.39, 0.29) is 0 Å². The number of hydrogen-bond donors (Lipinski definition) is 0. The molecule has 0 radical (unpaired) electrons. The van der Waals surface area contributed by atoms with Crippen LogP contribution >= 0.6 is 0 Å². The predicted octanol–water partition coefficient (Wildman–Crippen LogP) is 15.7. The molecule has 0 fully saturated rings. The van der Waals surface area contributed by atoms with E-state index in [0.717, 1.165) is 39.7 Å². The molecule has 0 aliphatic rings. The van der Waals surface area contributed by atoms with Crippen molar-refractivity contribution < 1.29 is 0 Å². The quantitative estimate of drug-likeness (QED) is 0.136. The molecule has 274 valence electrons. The Morgan fingerprint density at radius 1 is 0.293 bits per heavy atom. The number of para-hydroxylation sites is 2. The van der Waals surface area contributed by atoms with Crippen LogP contribution in [-0.2, 0) is 0 Å². The van der Waals surface area contributed by atoms with E-state index in [2.05, 4.69) is 252 Å². The van der Waals surface area contributed by atoms with E-state index in [9.17, 15) is 0 Å². The van der Waals surface area contributed by atoms with Crippen LogP contribution in [0.25, 0.3) is 44.0 Å². The average Bonchev–Trinajstić information content (AvgIpc) is 3.30. The van der Waals surface area contributed by atoms with E-state index < -0.39 is 0 Å². The molecular formula is C56H40N2. The van der Waals surface area contributed by atoms with E-state index in [1.165, 1.54) is 49.0 Å². The van der Waals surface area contributed by atoms with Gasteiger partial charge < -0.3 is 9.80 Å². The lowest BCUT2D eigenvalue weighted by molar-refractivity contribution is 1.30. The lowest BCUT2D eigenvalue weighted by atomic mass is 9.93. The molecule has 0 bridgehead atoms. The topological polar surface area (TPSA) is 6.48 Å². The third-order valence-electron chi connectivity index (χ3n) is 11.0. The highest BCUT2D eigenvalue weighted by Crippen LogP contribution is 2.41. The van der Waals surface area contributed by atoms with Gasteiger partial charge in [0.1, 0.15) is 0 Å². The first-order valence-electron chi connectivity index (χ1n) is 19.8. The van der Waals surface area contributed by atoms with Crippen LogP contribution < -0.4 is 9.80 Å². The van der Waals surface area contributed by atoms with Gasteiger partial charge in [-0.05, 0) is 117 Å². The summed E-state index contributed by atoms with van der Waals surface area (Å²) in [6.07, 6.45) is 2.32. The van der Waals surface area contributed by atoms with Gasteiger partial charge in [0.05, 0.1) is 11.4 Å². The molecule has 10 aromatic rings. The van der Waals surface area contributed by atoms with Crippen LogP contribution in [-0.4, -0.2) is 0 Å². The number of rotatable bonds is 9. The van der Waals surface area contributed by atoms with Gasteiger partial charge in [-0.3, -0.25) is 0 Å². The van der Waals surface area contributed by atoms with Crippen molar-refractivity contribution in [3.8, 4) is 0 Å². The second-order valence-electron chi connectivity index (χ2n) is 14.6. The Bertz CT molecular complexity index is 3030. The van der Waals surface area contributed by atoms with Crippen molar-refractivity contribution in [2.75, 3.05) is 9.80 Å². The van der Waals surface area contributed by atoms with Crippen molar-refractivity contribution in [3.05, 3.63) is 253 Å². The van der Waals surface area contributed by atoms with Crippen LogP contribution in [0.1, 0.15) is 16.7 Å². The van der Waals surface area contributed by atoms with Gasteiger partial charge in [-0.15, -0.1) is 0 Å². The summed E-state index contributed by atoms with van der Waals surface area (Å²) in [5.74, 6) is 0. The van der Waals surface area contributed by atoms with Crippen LogP contribution in [0.15, 0.2) is 237 Å². The van der Waals surface area contributed by atoms with Crippen molar-refractivity contribution in [2.45, 2.75) is 0 Å². The van der Waals surface area contributed by atoms with Gasteiger partial charge in [-0.1, -0.05) is 170 Å². The Kier molecular flexibility index (Phi) is 9.27. The van der Waals surface area contributed by atoms with Crippen LogP contribution in [0.2, 0.25) is 0 Å². The Morgan fingerprint density at radius 3 is 1.34 bits per heavy atom. The maximum Gasteiger partial charge on any atom is 0.0540 e. The summed E-state index contributed by atoms with van der Waals surface area (Å²) in [7, 11) is 0. The molecule has 0 N–H and O–H groups in total. The van der Waals surface area contributed by atoms with Crippen LogP contribution in [0, 0.1) is 0 Å². The van der Waals surface area contributed by atoms with Gasteiger partial charge in [-0.25, -0.2) is 0 Å². The first-order valence-corrected chi connectivity index (χ1v) is 19.8. The lowest BCUT2D eigenvalue weighted by Gasteiger charge is -2.27. The minimum Gasteiger partial charge on any atom is -0.310 e. The van der Waals surface area contributed by atoms with Crippen LogP contribution in [0.4, 0.5) is 34.1 Å². The highest BCUT2D eigenvalue weighted by molar-refractivity contribution is 6.02. The standard InChI is InChI=1S/C56H40N2/c1-4-16-44(17-5-1)54(38-41-30-35-50(36-31-41)57(48-22-6-2-7-23-48)55-28-14-20-42-18-10-12-26-52(42)55)47-33-32-46-40-51(37-34-45(46)39-47)58(49-24-8-3-9-25-49)56-29-15-21-43-19-11-13-27-53(43)56/h1-40H. The minimum absolute atomic E-state index is 1.11. The summed E-state index contributed by atoms with van der Waals surface area (Å²) in [5.41, 5.74) is 11.4. The van der Waals surface area contributed by atoms with E-state index in [4.69, 9.17) is 0 Å². The number of hydrogen-bond acceptors (Lipinski definition) is 2. The fourth-order valence-electron chi connectivity index (χ4n) is 8.19. The molecule has 0 amide bonds. The fraction of sp³-hybridized carbons (Fsp3) is 0. The number of fused-ring (bicyclic) bond motifs is 3. The molecule has 0 aliphatic carbocycles. The fourth-order valence-corrected chi connectivity index (χ4v) is 8.19. The Hall–Kier alpha value is -7.68. The molecule has 0 atom stereocenters. The first kappa shape index (κ1) is 34.8. The van der Waals surface area contributed by atoms with Gasteiger partial charge >= 0.3 is 0 Å². The summed E-state index contributed by atoms with van der Waals surface area (Å²) in [6, 6.07) is 84.9. The van der Waals surface area contributed by atoms with Crippen molar-refractivity contribution in [1.82, 2.24) is 0 Å². The largest absolute Gasteiger partial charge is 0.310 e. The molecule has 2 nitrogen and oxygen atoms in total. The minimum atomic E-state index is 1.11. The summed E-state index contributed by atoms with van der Waals surface area (Å²) in [5, 5.41) is 7.26. The molecule has 10 aromatic carbocycles. The third kappa shape index (κ3) is 6.78. The molecule has 0 saturated carbocycles. The molecule has 10 rings (SSSR count). The van der Waals surface area contributed by atoms with Crippen molar-refractivity contribution in [2.24, 2.45) is 0 Å². The summed E-state index contributed by atoms with van der Waals surface area (Å²) >= 11 is 0. The van der Waals surface area contributed by atoms with Crippen LogP contribution in [0.3, 0.4) is 0 Å². The maximum absolute atomic E-state index is 2.37. The zero-order chi connectivity index (χ0) is 38.7. The molecule has 2 heteroatoms. The van der Waals surface area contributed by atoms with E-state index in [1.807, 2.05) is 0 Å². The smallest absolute Gasteiger partial charge is 0.0540 e. The summed E-state index contributed by atoms with van der Waals surface area (Å²) < 4.78 is 0. The molecular weight excluding hydrogens is 701 g/mol. The second-order valence-corrected chi connectivity index (χ2v) is 14.6. The average molecular weight is 741 g/mol. The number of nitrogens with zero attached hydrogens (tertiary/aromatic N) is 2. The van der Waals surface area contributed by atoms with Crippen molar-refractivity contribution in [1.29, 1.82) is 0 Å². The first-order chi connectivity index (χ1) is 28.8. The Balaban J connectivity index is 1.04. The normalized spacial score (nSPS) is 11.6. The van der Waals surface area contributed by atoms with Gasteiger partial charge in [0, 0.05) is 33.5 Å². The lowest BCUT2D eigenvalue weighted by Crippen LogP contribution is -2.10. The SMILES string of the molecule is C(=C(c1ccccc1)c1ccc2cc(N(c3ccccc3)c3cccc4ccccc34)ccc2c1)c1ccc(N(c2ccccc2)c2cccc3ccccc23)cc1. The maximum atomic E-state index is 2.37. The third-order valence-corrected chi connectivity index (χ3v) is 11.0. The van der Waals surface area contributed by atoms with Gasteiger partial charge in [0.25, 0.3) is 0 Å². The monoisotopic (exact) mass is 740 g/mol. The zero-order valence-electron chi connectivity index (χ0n) is 32.0. The number of anilines is 6. The van der Waals surface area contributed by atoms with Crippen LogP contribution in [0.5, 0.6) is 0 Å². The summed E-state index contributed by atoms with van der Waals surface area (Å²) in [4.78, 5) is 4.72. The highest BCUT2D eigenvalue weighted by Gasteiger charge is 2.17. The molecule has 0 saturated heterocycles. The molecule has 0 heterocycles. The van der Waals surface area contributed by atoms with Gasteiger partial charge in [0.15, 0.2) is 0 Å². The molecule has 0 spiro atoms. The Morgan fingerprint density at radius 2 is 0.741 bits per heavy atom. The van der Waals surface area contributed by atoms with Crippen molar-refractivity contribution in [3.63, 3.8) is 0 Å². The summed E-state index contributed by atoms with van der Waals surface area (Å²) in [6.45, 7) is 0. The highest BCUT2D eigenvalue weighted by atomic mass is 15.1. The predicted molar refractivity (Wildman–Crippen MR) is 248 cm³/mol. The Labute approximate surface area is 339 Å². The molecule has 0 unspecified atom stereocenters. The molecule has 0 aliphatic heterocycles. The zero-order valence-corrected chi connectivity index (χ0v) is 32.0. The molecule has 0 aromatic heterocycles.